The summed E-state index contributed by atoms with van der Waals surface area (Å²) in [5.74, 6) is -0.329. The molecule has 104 valence electrons. The largest absolute Gasteiger partial charge is 0.378 e. The lowest BCUT2D eigenvalue weighted by Crippen LogP contribution is -2.55. The predicted molar refractivity (Wildman–Crippen MR) is 76.3 cm³/mol. The second-order valence-corrected chi connectivity index (χ2v) is 5.37. The van der Waals surface area contributed by atoms with Crippen LogP contribution < -0.4 is 11.1 Å². The Kier molecular flexibility index (Phi) is 4.32. The molecule has 1 aliphatic heterocycles. The Morgan fingerprint density at radius 1 is 1.53 bits per heavy atom. The van der Waals surface area contributed by atoms with Crippen LogP contribution in [0, 0.1) is 0 Å². The van der Waals surface area contributed by atoms with Crippen molar-refractivity contribution < 1.29 is 9.53 Å². The normalized spacial score (nSPS) is 26.9. The van der Waals surface area contributed by atoms with E-state index >= 15 is 0 Å². The van der Waals surface area contributed by atoms with Crippen molar-refractivity contribution in [2.45, 2.75) is 37.8 Å². The molecule has 0 aliphatic carbocycles. The maximum Gasteiger partial charge on any atom is 0.243 e. The molecule has 2 atom stereocenters. The lowest BCUT2D eigenvalue weighted by atomic mass is 9.84. The van der Waals surface area contributed by atoms with Gasteiger partial charge in [0.25, 0.3) is 0 Å². The van der Waals surface area contributed by atoms with E-state index < -0.39 is 5.54 Å². The zero-order valence-corrected chi connectivity index (χ0v) is 11.7. The molecule has 3 N–H and O–H groups in total. The van der Waals surface area contributed by atoms with Crippen molar-refractivity contribution in [3.63, 3.8) is 0 Å². The highest BCUT2D eigenvalue weighted by Gasteiger charge is 2.41. The summed E-state index contributed by atoms with van der Waals surface area (Å²) in [6.45, 7) is 2.59. The first kappa shape index (κ1) is 14.2. The monoisotopic (exact) mass is 282 g/mol. The van der Waals surface area contributed by atoms with E-state index in [0.717, 1.165) is 12.1 Å². The number of nitrogens with two attached hydrogens (primary N) is 1. The number of hydrogen-bond acceptors (Lipinski definition) is 3. The Balaban J connectivity index is 2.19. The van der Waals surface area contributed by atoms with E-state index in [1.165, 1.54) is 0 Å². The highest BCUT2D eigenvalue weighted by Crippen LogP contribution is 2.30. The highest BCUT2D eigenvalue weighted by atomic mass is 35.5. The van der Waals surface area contributed by atoms with Crippen LogP contribution in [-0.4, -0.2) is 24.2 Å². The van der Waals surface area contributed by atoms with Crippen LogP contribution in [0.5, 0.6) is 0 Å². The molecule has 1 aromatic rings. The van der Waals surface area contributed by atoms with Gasteiger partial charge in [0.15, 0.2) is 0 Å². The van der Waals surface area contributed by atoms with Gasteiger partial charge in [-0.25, -0.2) is 0 Å². The summed E-state index contributed by atoms with van der Waals surface area (Å²) in [5.41, 5.74) is 5.73. The molecule has 1 saturated heterocycles. The quantitative estimate of drug-likeness (QED) is 0.892. The number of anilines is 1. The smallest absolute Gasteiger partial charge is 0.243 e. The first-order chi connectivity index (χ1) is 9.05. The zero-order valence-electron chi connectivity index (χ0n) is 11.0. The van der Waals surface area contributed by atoms with Crippen LogP contribution in [-0.2, 0) is 9.53 Å². The zero-order chi connectivity index (χ0) is 13.9. The predicted octanol–water partition coefficient (Wildman–Crippen LogP) is 2.57. The van der Waals surface area contributed by atoms with E-state index in [1.807, 2.05) is 19.1 Å². The van der Waals surface area contributed by atoms with E-state index in [4.69, 9.17) is 22.1 Å². The van der Waals surface area contributed by atoms with Crippen molar-refractivity contribution >= 4 is 23.2 Å². The lowest BCUT2D eigenvalue weighted by molar-refractivity contribution is -0.127. The lowest BCUT2D eigenvalue weighted by Gasteiger charge is -2.39. The topological polar surface area (TPSA) is 64.3 Å². The van der Waals surface area contributed by atoms with Crippen LogP contribution in [0.15, 0.2) is 24.3 Å². The van der Waals surface area contributed by atoms with Gasteiger partial charge in [0.1, 0.15) is 5.54 Å². The minimum atomic E-state index is -0.729. The third kappa shape index (κ3) is 3.19. The van der Waals surface area contributed by atoms with Crippen LogP contribution in [0.25, 0.3) is 0 Å². The SMILES string of the molecule is CCC1CC(Nc2ccc(Cl)cc2)(C(N)=O)CCO1. The Labute approximate surface area is 118 Å². The number of ether oxygens (including phenoxy) is 1. The standard InChI is InChI=1S/C14H19ClN2O2/c1-2-12-9-14(13(16)18,7-8-19-12)17-11-5-3-10(15)4-6-11/h3-6,12,17H,2,7-9H2,1H3,(H2,16,18). The molecule has 1 aliphatic rings. The van der Waals surface area contributed by atoms with E-state index in [-0.39, 0.29) is 12.0 Å². The first-order valence-electron chi connectivity index (χ1n) is 6.51. The third-order valence-electron chi connectivity index (χ3n) is 3.61. The average Bonchev–Trinajstić information content (AvgIpc) is 2.41. The highest BCUT2D eigenvalue weighted by molar-refractivity contribution is 6.30. The third-order valence-corrected chi connectivity index (χ3v) is 3.87. The van der Waals surface area contributed by atoms with Crippen molar-refractivity contribution in [2.24, 2.45) is 5.73 Å². The molecule has 4 nitrogen and oxygen atoms in total. The van der Waals surface area contributed by atoms with E-state index in [1.54, 1.807) is 12.1 Å². The Morgan fingerprint density at radius 3 is 2.79 bits per heavy atom. The number of carbonyl (C=O) groups is 1. The van der Waals surface area contributed by atoms with Gasteiger partial charge in [0.05, 0.1) is 6.10 Å². The summed E-state index contributed by atoms with van der Waals surface area (Å²) in [6.07, 6.45) is 2.13. The van der Waals surface area contributed by atoms with E-state index in [0.29, 0.717) is 24.5 Å². The van der Waals surface area contributed by atoms with Gasteiger partial charge in [-0.2, -0.15) is 0 Å². The Hall–Kier alpha value is -1.26. The molecule has 0 spiro atoms. The summed E-state index contributed by atoms with van der Waals surface area (Å²) in [4.78, 5) is 11.9. The number of benzene rings is 1. The molecule has 19 heavy (non-hydrogen) atoms. The van der Waals surface area contributed by atoms with E-state index in [2.05, 4.69) is 5.32 Å². The van der Waals surface area contributed by atoms with Gasteiger partial charge in [-0.1, -0.05) is 18.5 Å². The molecule has 2 unspecified atom stereocenters. The van der Waals surface area contributed by atoms with Crippen LogP contribution >= 0.6 is 11.6 Å². The fourth-order valence-corrected chi connectivity index (χ4v) is 2.55. The average molecular weight is 283 g/mol. The maximum absolute atomic E-state index is 11.9. The van der Waals surface area contributed by atoms with Gasteiger partial charge < -0.3 is 15.8 Å². The van der Waals surface area contributed by atoms with Crippen molar-refractivity contribution in [1.29, 1.82) is 0 Å². The number of nitrogens with one attached hydrogen (secondary N) is 1. The molecule has 1 aromatic carbocycles. The second kappa shape index (κ2) is 5.80. The molecular formula is C14H19ClN2O2. The van der Waals surface area contributed by atoms with Crippen LogP contribution in [0.1, 0.15) is 26.2 Å². The minimum absolute atomic E-state index is 0.0704. The van der Waals surface area contributed by atoms with Crippen molar-refractivity contribution in [3.05, 3.63) is 29.3 Å². The van der Waals surface area contributed by atoms with Gasteiger partial charge in [0, 0.05) is 30.2 Å². The van der Waals surface area contributed by atoms with Crippen LogP contribution in [0.3, 0.4) is 0 Å². The number of primary amides is 1. The fourth-order valence-electron chi connectivity index (χ4n) is 2.42. The van der Waals surface area contributed by atoms with Crippen molar-refractivity contribution in [3.8, 4) is 0 Å². The number of hydrogen-bond donors (Lipinski definition) is 2. The molecular weight excluding hydrogens is 264 g/mol. The Morgan fingerprint density at radius 2 is 2.21 bits per heavy atom. The molecule has 0 saturated carbocycles. The number of rotatable bonds is 4. The molecule has 1 fully saturated rings. The molecule has 1 heterocycles. The molecule has 0 radical (unpaired) electrons. The summed E-state index contributed by atoms with van der Waals surface area (Å²) in [6, 6.07) is 7.28. The summed E-state index contributed by atoms with van der Waals surface area (Å²) >= 11 is 5.86. The number of carbonyl (C=O) groups excluding carboxylic acids is 1. The van der Waals surface area contributed by atoms with Gasteiger partial charge >= 0.3 is 0 Å². The van der Waals surface area contributed by atoms with Crippen molar-refractivity contribution in [2.75, 3.05) is 11.9 Å². The van der Waals surface area contributed by atoms with Gasteiger partial charge in [-0.05, 0) is 30.7 Å². The number of amides is 1. The van der Waals surface area contributed by atoms with Crippen LogP contribution in [0.4, 0.5) is 5.69 Å². The molecule has 5 heteroatoms. The van der Waals surface area contributed by atoms with Crippen LogP contribution in [0.2, 0.25) is 5.02 Å². The van der Waals surface area contributed by atoms with Crippen molar-refractivity contribution in [1.82, 2.24) is 0 Å². The fraction of sp³-hybridized carbons (Fsp3) is 0.500. The minimum Gasteiger partial charge on any atom is -0.378 e. The molecule has 0 aromatic heterocycles. The summed E-state index contributed by atoms with van der Waals surface area (Å²) in [5, 5.41) is 3.94. The molecule has 0 bridgehead atoms. The summed E-state index contributed by atoms with van der Waals surface area (Å²) < 4.78 is 5.62. The van der Waals surface area contributed by atoms with Gasteiger partial charge in [-0.3, -0.25) is 4.79 Å². The van der Waals surface area contributed by atoms with Gasteiger partial charge in [0.2, 0.25) is 5.91 Å². The first-order valence-corrected chi connectivity index (χ1v) is 6.89. The van der Waals surface area contributed by atoms with Gasteiger partial charge in [-0.15, -0.1) is 0 Å². The molecule has 1 amide bonds. The summed E-state index contributed by atoms with van der Waals surface area (Å²) in [7, 11) is 0. The maximum atomic E-state index is 11.9. The van der Waals surface area contributed by atoms with E-state index in [9.17, 15) is 4.79 Å². The number of halogens is 1. The molecule has 2 rings (SSSR count). The second-order valence-electron chi connectivity index (χ2n) is 4.93. The Bertz CT molecular complexity index is 449.